The minimum absolute atomic E-state index is 0.656. The molecule has 1 heterocycles. The zero-order chi connectivity index (χ0) is 12.3. The van der Waals surface area contributed by atoms with Gasteiger partial charge in [-0.3, -0.25) is 4.90 Å². The van der Waals surface area contributed by atoms with E-state index in [1.165, 1.54) is 25.1 Å². The first-order valence-corrected chi connectivity index (χ1v) is 6.69. The summed E-state index contributed by atoms with van der Waals surface area (Å²) >= 11 is 0. The van der Waals surface area contributed by atoms with Crippen LogP contribution in [0.2, 0.25) is 0 Å². The van der Waals surface area contributed by atoms with Crippen LogP contribution in [0.25, 0.3) is 0 Å². The molecule has 1 aliphatic heterocycles. The Morgan fingerprint density at radius 3 is 2.53 bits per heavy atom. The standard InChI is InChI=1S/C15H24N2/c1-4-15-12-17(13(2)10-16(15)3)11-14-8-6-5-7-9-14/h5-9,13,15H,4,10-12H2,1-3H3/t13-,15-/m1/s1. The normalized spacial score (nSPS) is 27.2. The number of hydrogen-bond acceptors (Lipinski definition) is 2. The molecule has 1 saturated heterocycles. The summed E-state index contributed by atoms with van der Waals surface area (Å²) in [5.74, 6) is 0. The topological polar surface area (TPSA) is 6.48 Å². The lowest BCUT2D eigenvalue weighted by Gasteiger charge is -2.43. The van der Waals surface area contributed by atoms with Crippen LogP contribution in [-0.2, 0) is 6.54 Å². The molecule has 2 atom stereocenters. The molecule has 1 aromatic rings. The highest BCUT2D eigenvalue weighted by Crippen LogP contribution is 2.18. The van der Waals surface area contributed by atoms with E-state index in [2.05, 4.69) is 61.0 Å². The molecule has 2 heteroatoms. The van der Waals surface area contributed by atoms with E-state index in [-0.39, 0.29) is 0 Å². The van der Waals surface area contributed by atoms with Gasteiger partial charge in [-0.2, -0.15) is 0 Å². The van der Waals surface area contributed by atoms with E-state index in [1.807, 2.05) is 0 Å². The molecule has 0 aliphatic carbocycles. The van der Waals surface area contributed by atoms with Crippen molar-refractivity contribution < 1.29 is 0 Å². The minimum atomic E-state index is 0.656. The summed E-state index contributed by atoms with van der Waals surface area (Å²) in [5, 5.41) is 0. The second kappa shape index (κ2) is 5.65. The van der Waals surface area contributed by atoms with Gasteiger partial charge in [0.05, 0.1) is 0 Å². The van der Waals surface area contributed by atoms with Crippen molar-refractivity contribution in [2.75, 3.05) is 20.1 Å². The van der Waals surface area contributed by atoms with Crippen LogP contribution in [0.4, 0.5) is 0 Å². The van der Waals surface area contributed by atoms with E-state index in [4.69, 9.17) is 0 Å². The zero-order valence-corrected chi connectivity index (χ0v) is 11.3. The van der Waals surface area contributed by atoms with E-state index < -0.39 is 0 Å². The summed E-state index contributed by atoms with van der Waals surface area (Å²) in [6.07, 6.45) is 1.24. The van der Waals surface area contributed by atoms with Crippen LogP contribution in [-0.4, -0.2) is 42.0 Å². The average molecular weight is 232 g/mol. The van der Waals surface area contributed by atoms with Crippen molar-refractivity contribution in [1.29, 1.82) is 0 Å². The smallest absolute Gasteiger partial charge is 0.0237 e. The maximum absolute atomic E-state index is 2.61. The van der Waals surface area contributed by atoms with Gasteiger partial charge in [-0.15, -0.1) is 0 Å². The van der Waals surface area contributed by atoms with E-state index in [1.54, 1.807) is 0 Å². The van der Waals surface area contributed by atoms with Gasteiger partial charge in [-0.25, -0.2) is 0 Å². The van der Waals surface area contributed by atoms with Crippen LogP contribution in [0.3, 0.4) is 0 Å². The molecular weight excluding hydrogens is 208 g/mol. The molecule has 1 fully saturated rings. The second-order valence-corrected chi connectivity index (χ2v) is 5.27. The molecule has 0 spiro atoms. The van der Waals surface area contributed by atoms with Gasteiger partial charge in [0.2, 0.25) is 0 Å². The minimum Gasteiger partial charge on any atom is -0.301 e. The molecule has 0 aromatic heterocycles. The molecule has 0 saturated carbocycles. The van der Waals surface area contributed by atoms with Crippen LogP contribution in [0, 0.1) is 0 Å². The number of piperazine rings is 1. The van der Waals surface area contributed by atoms with Gasteiger partial charge in [0.25, 0.3) is 0 Å². The Bertz CT molecular complexity index is 336. The number of benzene rings is 1. The Kier molecular flexibility index (Phi) is 4.19. The molecule has 1 aromatic carbocycles. The molecule has 0 N–H and O–H groups in total. The Balaban J connectivity index is 2.00. The Morgan fingerprint density at radius 1 is 1.18 bits per heavy atom. The molecule has 0 bridgehead atoms. The molecule has 17 heavy (non-hydrogen) atoms. The Morgan fingerprint density at radius 2 is 1.88 bits per heavy atom. The fourth-order valence-corrected chi connectivity index (χ4v) is 2.75. The predicted molar refractivity (Wildman–Crippen MR) is 73.0 cm³/mol. The third-order valence-electron chi connectivity index (χ3n) is 3.94. The summed E-state index contributed by atoms with van der Waals surface area (Å²) in [4.78, 5) is 5.12. The second-order valence-electron chi connectivity index (χ2n) is 5.27. The van der Waals surface area contributed by atoms with Crippen molar-refractivity contribution in [1.82, 2.24) is 9.80 Å². The number of nitrogens with zero attached hydrogens (tertiary/aromatic N) is 2. The van der Waals surface area contributed by atoms with Crippen LogP contribution in [0.15, 0.2) is 30.3 Å². The van der Waals surface area contributed by atoms with E-state index >= 15 is 0 Å². The summed E-state index contributed by atoms with van der Waals surface area (Å²) in [5.41, 5.74) is 1.43. The van der Waals surface area contributed by atoms with Crippen molar-refractivity contribution in [3.05, 3.63) is 35.9 Å². The Hall–Kier alpha value is -0.860. The predicted octanol–water partition coefficient (Wildman–Crippen LogP) is 2.60. The van der Waals surface area contributed by atoms with Gasteiger partial charge >= 0.3 is 0 Å². The SMILES string of the molecule is CC[C@@H]1CN(Cc2ccccc2)[C@H](C)CN1C. The van der Waals surface area contributed by atoms with Gasteiger partial charge in [-0.1, -0.05) is 37.3 Å². The van der Waals surface area contributed by atoms with Crippen molar-refractivity contribution in [3.63, 3.8) is 0 Å². The van der Waals surface area contributed by atoms with Crippen LogP contribution < -0.4 is 0 Å². The first-order chi connectivity index (χ1) is 8.20. The van der Waals surface area contributed by atoms with E-state index in [0.29, 0.717) is 6.04 Å². The number of hydrogen-bond donors (Lipinski definition) is 0. The molecule has 2 rings (SSSR count). The lowest BCUT2D eigenvalue weighted by molar-refractivity contribution is 0.0453. The fourth-order valence-electron chi connectivity index (χ4n) is 2.75. The van der Waals surface area contributed by atoms with Gasteiger partial charge in [0, 0.05) is 31.7 Å². The van der Waals surface area contributed by atoms with Crippen LogP contribution >= 0.6 is 0 Å². The maximum atomic E-state index is 2.61. The van der Waals surface area contributed by atoms with Crippen molar-refractivity contribution in [3.8, 4) is 0 Å². The number of rotatable bonds is 3. The highest BCUT2D eigenvalue weighted by molar-refractivity contribution is 5.14. The highest BCUT2D eigenvalue weighted by atomic mass is 15.3. The molecule has 0 unspecified atom stereocenters. The van der Waals surface area contributed by atoms with E-state index in [9.17, 15) is 0 Å². The highest BCUT2D eigenvalue weighted by Gasteiger charge is 2.27. The van der Waals surface area contributed by atoms with Crippen LogP contribution in [0.5, 0.6) is 0 Å². The molecular formula is C15H24N2. The van der Waals surface area contributed by atoms with Gasteiger partial charge in [-0.05, 0) is 26.0 Å². The zero-order valence-electron chi connectivity index (χ0n) is 11.3. The largest absolute Gasteiger partial charge is 0.301 e. The van der Waals surface area contributed by atoms with Crippen molar-refractivity contribution in [2.24, 2.45) is 0 Å². The Labute approximate surface area is 105 Å². The first kappa shape index (κ1) is 12.6. The quantitative estimate of drug-likeness (QED) is 0.790. The maximum Gasteiger partial charge on any atom is 0.0237 e. The molecule has 0 amide bonds. The summed E-state index contributed by atoms with van der Waals surface area (Å²) in [7, 11) is 2.25. The van der Waals surface area contributed by atoms with Crippen LogP contribution in [0.1, 0.15) is 25.8 Å². The summed E-state index contributed by atoms with van der Waals surface area (Å²) in [6, 6.07) is 12.2. The first-order valence-electron chi connectivity index (χ1n) is 6.69. The number of likely N-dealkylation sites (N-methyl/N-ethyl adjacent to an activating group) is 1. The lowest BCUT2D eigenvalue weighted by Crippen LogP contribution is -2.55. The molecule has 1 aliphatic rings. The molecule has 2 nitrogen and oxygen atoms in total. The summed E-state index contributed by atoms with van der Waals surface area (Å²) in [6.45, 7) is 8.10. The lowest BCUT2D eigenvalue weighted by atomic mass is 10.0. The third-order valence-corrected chi connectivity index (χ3v) is 3.94. The van der Waals surface area contributed by atoms with E-state index in [0.717, 1.165) is 12.6 Å². The van der Waals surface area contributed by atoms with Gasteiger partial charge < -0.3 is 4.90 Å². The summed E-state index contributed by atoms with van der Waals surface area (Å²) < 4.78 is 0. The van der Waals surface area contributed by atoms with Gasteiger partial charge in [0.1, 0.15) is 0 Å². The van der Waals surface area contributed by atoms with Crippen molar-refractivity contribution >= 4 is 0 Å². The molecule has 94 valence electrons. The van der Waals surface area contributed by atoms with Gasteiger partial charge in [0.15, 0.2) is 0 Å². The average Bonchev–Trinajstić information content (AvgIpc) is 2.34. The third kappa shape index (κ3) is 3.08. The molecule has 0 radical (unpaired) electrons. The van der Waals surface area contributed by atoms with Crippen molar-refractivity contribution in [2.45, 2.75) is 38.9 Å². The fraction of sp³-hybridized carbons (Fsp3) is 0.600. The monoisotopic (exact) mass is 232 g/mol.